The van der Waals surface area contributed by atoms with Crippen LogP contribution in [0, 0.1) is 0 Å². The monoisotopic (exact) mass is 423 g/mol. The van der Waals surface area contributed by atoms with Crippen molar-refractivity contribution >= 4 is 58.7 Å². The summed E-state index contributed by atoms with van der Waals surface area (Å²) in [5, 5.41) is 9.61. The second-order valence-electron chi connectivity index (χ2n) is 3.26. The third kappa shape index (κ3) is 2.19. The third-order valence-corrected chi connectivity index (χ3v) is 5.47. The molecule has 0 bridgehead atoms. The van der Waals surface area contributed by atoms with Gasteiger partial charge in [0, 0.05) is 20.4 Å². The molecule has 0 amide bonds. The molecule has 17 heavy (non-hydrogen) atoms. The molecule has 2 rings (SSSR count). The smallest absolute Gasteiger partial charge is 0.290 e. The van der Waals surface area contributed by atoms with Crippen LogP contribution in [0.2, 0.25) is 0 Å². The topological polar surface area (TPSA) is 70.2 Å². The zero-order chi connectivity index (χ0) is 12.7. The molecule has 88 valence electrons. The average Bonchev–Trinajstić information content (AvgIpc) is 2.37. The predicted octanol–water partition coefficient (Wildman–Crippen LogP) is 2.88. The van der Waals surface area contributed by atoms with Gasteiger partial charge in [0.25, 0.3) is 5.56 Å². The van der Waals surface area contributed by atoms with Crippen molar-refractivity contribution in [3.8, 4) is 5.75 Å². The van der Waals surface area contributed by atoms with Crippen LogP contribution in [0.4, 0.5) is 0 Å². The van der Waals surface area contributed by atoms with Crippen molar-refractivity contribution in [2.45, 2.75) is 0 Å². The Labute approximate surface area is 120 Å². The van der Waals surface area contributed by atoms with Crippen LogP contribution in [-0.4, -0.2) is 10.1 Å². The summed E-state index contributed by atoms with van der Waals surface area (Å²) >= 11 is 9.86. The lowest BCUT2D eigenvalue weighted by Crippen LogP contribution is -2.00. The van der Waals surface area contributed by atoms with Crippen molar-refractivity contribution in [1.82, 2.24) is 4.98 Å². The highest BCUT2D eigenvalue weighted by Gasteiger charge is 2.11. The van der Waals surface area contributed by atoms with Crippen molar-refractivity contribution in [2.24, 2.45) is 0 Å². The molecular formula is C10H4Br3NO3. The zero-order valence-electron chi connectivity index (χ0n) is 8.05. The minimum atomic E-state index is -0.716. The number of hydrogen-bond acceptors (Lipinski definition) is 3. The largest absolute Gasteiger partial charge is 0.503 e. The van der Waals surface area contributed by atoms with Crippen molar-refractivity contribution in [1.29, 1.82) is 0 Å². The summed E-state index contributed by atoms with van der Waals surface area (Å²) < 4.78 is 1.87. The van der Waals surface area contributed by atoms with Gasteiger partial charge >= 0.3 is 0 Å². The molecule has 0 spiro atoms. The van der Waals surface area contributed by atoms with Gasteiger partial charge in [0.05, 0.1) is 9.99 Å². The Kier molecular flexibility index (Phi) is 3.42. The highest BCUT2D eigenvalue weighted by atomic mass is 79.9. The lowest BCUT2D eigenvalue weighted by atomic mass is 10.2. The van der Waals surface area contributed by atoms with E-state index in [0.29, 0.717) is 24.3 Å². The fraction of sp³-hybridized carbons (Fsp3) is 0. The van der Waals surface area contributed by atoms with Crippen molar-refractivity contribution in [3.63, 3.8) is 0 Å². The normalized spacial score (nSPS) is 10.8. The van der Waals surface area contributed by atoms with E-state index < -0.39 is 16.7 Å². The summed E-state index contributed by atoms with van der Waals surface area (Å²) in [5.74, 6) is -0.606. The number of H-pyrrole nitrogens is 1. The number of hydrogen-bond donors (Lipinski definition) is 2. The Morgan fingerprint density at radius 2 is 1.71 bits per heavy atom. The van der Waals surface area contributed by atoms with Gasteiger partial charge in [-0.3, -0.25) is 9.59 Å². The van der Waals surface area contributed by atoms with Gasteiger partial charge in [-0.15, -0.1) is 0 Å². The highest BCUT2D eigenvalue weighted by molar-refractivity contribution is 9.14. The first kappa shape index (κ1) is 12.8. The van der Waals surface area contributed by atoms with Crippen LogP contribution >= 0.6 is 47.8 Å². The van der Waals surface area contributed by atoms with Crippen LogP contribution in [0.15, 0.2) is 35.1 Å². The minimum Gasteiger partial charge on any atom is -0.503 e. The SMILES string of the molecule is O=c1[nH]c2c(Br)c(Br)c(Br)cc2c(=O)cc1O. The molecule has 0 fully saturated rings. The van der Waals surface area contributed by atoms with Crippen molar-refractivity contribution in [2.75, 3.05) is 0 Å². The molecular weight excluding hydrogens is 422 g/mol. The fourth-order valence-corrected chi connectivity index (χ4v) is 2.89. The quantitative estimate of drug-likeness (QED) is 0.638. The Morgan fingerprint density at radius 3 is 2.35 bits per heavy atom. The van der Waals surface area contributed by atoms with Gasteiger partial charge < -0.3 is 10.1 Å². The molecule has 0 aliphatic rings. The fourth-order valence-electron chi connectivity index (χ4n) is 1.36. The molecule has 0 aliphatic carbocycles. The van der Waals surface area contributed by atoms with Gasteiger partial charge in [-0.2, -0.15) is 0 Å². The molecule has 2 N–H and O–H groups in total. The molecule has 7 heteroatoms. The van der Waals surface area contributed by atoms with Gasteiger partial charge in [0.2, 0.25) is 0 Å². The van der Waals surface area contributed by atoms with Crippen LogP contribution < -0.4 is 11.0 Å². The first-order valence-corrected chi connectivity index (χ1v) is 6.73. The summed E-state index contributed by atoms with van der Waals surface area (Å²) in [6, 6.07) is 2.47. The zero-order valence-corrected chi connectivity index (χ0v) is 12.8. The first-order valence-electron chi connectivity index (χ1n) is 4.35. The lowest BCUT2D eigenvalue weighted by molar-refractivity contribution is 0.468. The summed E-state index contributed by atoms with van der Waals surface area (Å²) in [4.78, 5) is 25.7. The minimum absolute atomic E-state index is 0.296. The van der Waals surface area contributed by atoms with E-state index in [4.69, 9.17) is 0 Å². The number of aromatic hydroxyl groups is 1. The molecule has 2 aromatic rings. The molecule has 1 heterocycles. The summed E-state index contributed by atoms with van der Waals surface area (Å²) in [6.07, 6.45) is 0. The van der Waals surface area contributed by atoms with Crippen LogP contribution in [0.1, 0.15) is 0 Å². The van der Waals surface area contributed by atoms with E-state index >= 15 is 0 Å². The molecule has 0 unspecified atom stereocenters. The molecule has 0 atom stereocenters. The number of aromatic nitrogens is 1. The van der Waals surface area contributed by atoms with E-state index in [9.17, 15) is 14.7 Å². The first-order chi connectivity index (χ1) is 7.91. The van der Waals surface area contributed by atoms with Gasteiger partial charge in [-0.1, -0.05) is 0 Å². The average molecular weight is 426 g/mol. The van der Waals surface area contributed by atoms with Crippen LogP contribution in [0.25, 0.3) is 10.9 Å². The molecule has 0 saturated carbocycles. The van der Waals surface area contributed by atoms with E-state index in [1.165, 1.54) is 0 Å². The summed E-state index contributed by atoms with van der Waals surface area (Å²) in [5.41, 5.74) is -0.827. The van der Waals surface area contributed by atoms with Crippen LogP contribution in [-0.2, 0) is 0 Å². The Hall–Kier alpha value is -0.660. The van der Waals surface area contributed by atoms with E-state index in [-0.39, 0.29) is 0 Å². The van der Waals surface area contributed by atoms with Gasteiger partial charge in [0.1, 0.15) is 0 Å². The maximum atomic E-state index is 11.8. The van der Waals surface area contributed by atoms with Gasteiger partial charge in [-0.05, 0) is 53.9 Å². The third-order valence-electron chi connectivity index (χ3n) is 2.17. The second kappa shape index (κ2) is 4.55. The number of halogens is 3. The summed E-state index contributed by atoms with van der Waals surface area (Å²) in [6.45, 7) is 0. The number of fused-ring (bicyclic) bond motifs is 1. The summed E-state index contributed by atoms with van der Waals surface area (Å²) in [7, 11) is 0. The van der Waals surface area contributed by atoms with E-state index in [2.05, 4.69) is 52.8 Å². The molecule has 1 aromatic heterocycles. The number of rotatable bonds is 0. The van der Waals surface area contributed by atoms with Crippen LogP contribution in [0.3, 0.4) is 0 Å². The highest BCUT2D eigenvalue weighted by Crippen LogP contribution is 2.35. The van der Waals surface area contributed by atoms with E-state index in [1.807, 2.05) is 0 Å². The standard InChI is InChI=1S/C10H4Br3NO3/c11-4-1-3-5(15)2-6(16)10(17)14-9(3)8(13)7(4)12/h1-2,16H,(H,14,17). The second-order valence-corrected chi connectivity index (χ2v) is 5.70. The predicted molar refractivity (Wildman–Crippen MR) is 75.6 cm³/mol. The molecule has 1 aromatic carbocycles. The lowest BCUT2D eigenvalue weighted by Gasteiger charge is -2.02. The van der Waals surface area contributed by atoms with Gasteiger partial charge in [-0.25, -0.2) is 0 Å². The van der Waals surface area contributed by atoms with Crippen molar-refractivity contribution in [3.05, 3.63) is 46.1 Å². The van der Waals surface area contributed by atoms with Crippen molar-refractivity contribution < 1.29 is 5.11 Å². The number of nitrogens with one attached hydrogen (secondary N) is 1. The molecule has 0 aliphatic heterocycles. The van der Waals surface area contributed by atoms with Crippen LogP contribution in [0.5, 0.6) is 5.75 Å². The van der Waals surface area contributed by atoms with Gasteiger partial charge in [0.15, 0.2) is 11.2 Å². The van der Waals surface area contributed by atoms with E-state index in [0.717, 1.165) is 6.07 Å². The molecule has 0 radical (unpaired) electrons. The number of aromatic amines is 1. The Morgan fingerprint density at radius 1 is 1.06 bits per heavy atom. The number of benzene rings is 1. The molecule has 0 saturated heterocycles. The molecule has 4 nitrogen and oxygen atoms in total. The Bertz CT molecular complexity index is 739. The van der Waals surface area contributed by atoms with E-state index in [1.54, 1.807) is 6.07 Å². The Balaban J connectivity index is 3.19. The maximum absolute atomic E-state index is 11.8. The maximum Gasteiger partial charge on any atom is 0.290 e.